The van der Waals surface area contributed by atoms with Crippen LogP contribution < -0.4 is 21.3 Å². The number of carbonyl (C=O) groups excluding carboxylic acids is 4. The van der Waals surface area contributed by atoms with Crippen LogP contribution in [0.4, 0.5) is 22.0 Å². The van der Waals surface area contributed by atoms with Crippen LogP contribution in [0.3, 0.4) is 0 Å². The van der Waals surface area contributed by atoms with E-state index in [-0.39, 0.29) is 24.4 Å². The summed E-state index contributed by atoms with van der Waals surface area (Å²) in [7, 11) is 0. The Bertz CT molecular complexity index is 963. The highest BCUT2D eigenvalue weighted by Gasteiger charge is 2.58. The van der Waals surface area contributed by atoms with Crippen molar-refractivity contribution in [2.45, 2.75) is 102 Å². The Balaban J connectivity index is 2.19. The number of halogens is 5. The number of aliphatic imine (C=N–C) groups is 1. The number of piperidine rings is 1. The number of rotatable bonds is 11. The number of hydrogen-bond acceptors (Lipinski definition) is 5. The minimum atomic E-state index is -5.26. The molecule has 1 saturated carbocycles. The fourth-order valence-electron chi connectivity index (χ4n) is 4.55. The van der Waals surface area contributed by atoms with E-state index >= 15 is 0 Å². The van der Waals surface area contributed by atoms with Crippen LogP contribution in [0, 0.1) is 17.3 Å². The second-order valence-corrected chi connectivity index (χ2v) is 12.2. The monoisotopic (exact) mass is 567 g/mol. The maximum atomic E-state index is 13.7. The first kappa shape index (κ1) is 32.4. The third kappa shape index (κ3) is 9.41. The van der Waals surface area contributed by atoms with Gasteiger partial charge in [0.2, 0.25) is 17.7 Å². The molecule has 0 bridgehead atoms. The zero-order chi connectivity index (χ0) is 30.0. The largest absolute Gasteiger partial charge is 0.471 e. The zero-order valence-electron chi connectivity index (χ0n) is 22.8. The fourth-order valence-corrected chi connectivity index (χ4v) is 4.55. The lowest BCUT2D eigenvalue weighted by molar-refractivity contribution is -0.175. The van der Waals surface area contributed by atoms with E-state index in [0.29, 0.717) is 12.8 Å². The quantitative estimate of drug-likeness (QED) is 0.226. The first-order valence-electron chi connectivity index (χ1n) is 12.8. The molecule has 2 aliphatic rings. The number of nitrogens with zero attached hydrogens (tertiary/aromatic N) is 1. The summed E-state index contributed by atoms with van der Waals surface area (Å²) in [6.45, 7) is 11.4. The van der Waals surface area contributed by atoms with E-state index in [2.05, 4.69) is 27.7 Å². The molecule has 4 N–H and O–H groups in total. The molecule has 0 aromatic carbocycles. The number of alkyl halides is 5. The lowest BCUT2D eigenvalue weighted by Crippen LogP contribution is -2.60. The van der Waals surface area contributed by atoms with Crippen LogP contribution in [0.25, 0.3) is 0 Å². The summed E-state index contributed by atoms with van der Waals surface area (Å²) in [6.07, 6.45) is -4.82. The third-order valence-corrected chi connectivity index (χ3v) is 6.99. The molecule has 4 amide bonds. The van der Waals surface area contributed by atoms with Crippen LogP contribution in [0.1, 0.15) is 66.7 Å². The van der Waals surface area contributed by atoms with E-state index in [4.69, 9.17) is 0 Å². The summed E-state index contributed by atoms with van der Waals surface area (Å²) in [5.74, 6) is -9.24. The molecule has 222 valence electrons. The van der Waals surface area contributed by atoms with Gasteiger partial charge in [-0.15, -0.1) is 0 Å². The summed E-state index contributed by atoms with van der Waals surface area (Å²) in [6, 6.07) is -3.97. The molecule has 0 spiro atoms. The Labute approximate surface area is 224 Å². The van der Waals surface area contributed by atoms with Crippen molar-refractivity contribution in [3.8, 4) is 0 Å². The lowest BCUT2D eigenvalue weighted by Gasteiger charge is -2.36. The van der Waals surface area contributed by atoms with E-state index < -0.39 is 78.0 Å². The minimum Gasteiger partial charge on any atom is -0.351 e. The molecule has 39 heavy (non-hydrogen) atoms. The molecule has 0 aromatic rings. The van der Waals surface area contributed by atoms with E-state index in [1.54, 1.807) is 5.32 Å². The molecule has 5 unspecified atom stereocenters. The molecule has 0 aromatic heterocycles. The van der Waals surface area contributed by atoms with E-state index in [0.717, 1.165) is 0 Å². The molecule has 0 radical (unpaired) electrons. The van der Waals surface area contributed by atoms with Crippen LogP contribution in [0.5, 0.6) is 0 Å². The molecule has 1 heterocycles. The van der Waals surface area contributed by atoms with Gasteiger partial charge in [-0.2, -0.15) is 13.2 Å². The maximum Gasteiger partial charge on any atom is 0.471 e. The summed E-state index contributed by atoms with van der Waals surface area (Å²) < 4.78 is 66.0. The van der Waals surface area contributed by atoms with Gasteiger partial charge in [-0.25, -0.2) is 8.78 Å². The molecular weight excluding hydrogens is 529 g/mol. The Morgan fingerprint density at radius 1 is 1.08 bits per heavy atom. The minimum absolute atomic E-state index is 0.00538. The first-order valence-corrected chi connectivity index (χ1v) is 12.8. The van der Waals surface area contributed by atoms with Crippen molar-refractivity contribution in [2.75, 3.05) is 6.54 Å². The highest BCUT2D eigenvalue weighted by molar-refractivity contribution is 5.93. The lowest BCUT2D eigenvalue weighted by atomic mass is 9.83. The van der Waals surface area contributed by atoms with Crippen molar-refractivity contribution >= 4 is 30.3 Å². The van der Waals surface area contributed by atoms with Crippen molar-refractivity contribution in [2.24, 2.45) is 22.2 Å². The van der Waals surface area contributed by atoms with E-state index in [1.165, 1.54) is 20.8 Å². The predicted octanol–water partition coefficient (Wildman–Crippen LogP) is 2.49. The molecule has 1 aliphatic heterocycles. The zero-order valence-corrected chi connectivity index (χ0v) is 22.8. The number of carbonyl (C=O) groups is 4. The van der Waals surface area contributed by atoms with Gasteiger partial charge in [0.25, 0.3) is 5.92 Å². The smallest absolute Gasteiger partial charge is 0.351 e. The summed E-state index contributed by atoms with van der Waals surface area (Å²) in [5.41, 5.74) is -1.59. The van der Waals surface area contributed by atoms with Gasteiger partial charge in [0.1, 0.15) is 12.1 Å². The molecule has 14 heteroatoms. The second kappa shape index (κ2) is 11.7. The Morgan fingerprint density at radius 3 is 2.13 bits per heavy atom. The van der Waals surface area contributed by atoms with Crippen molar-refractivity contribution in [1.29, 1.82) is 0 Å². The number of amides is 4. The summed E-state index contributed by atoms with van der Waals surface area (Å²) >= 11 is 0. The molecule has 1 saturated heterocycles. The molecule has 5 atom stereocenters. The molecule has 2 fully saturated rings. The van der Waals surface area contributed by atoms with Gasteiger partial charge in [-0.3, -0.25) is 24.2 Å². The molecule has 9 nitrogen and oxygen atoms in total. The molecule has 2 rings (SSSR count). The maximum absolute atomic E-state index is 13.7. The Hall–Kier alpha value is -2.80. The van der Waals surface area contributed by atoms with Crippen LogP contribution in [0.2, 0.25) is 0 Å². The van der Waals surface area contributed by atoms with Gasteiger partial charge in [0.15, 0.2) is 0 Å². The predicted molar refractivity (Wildman–Crippen MR) is 133 cm³/mol. The number of nitrogens with one attached hydrogen (secondary N) is 4. The van der Waals surface area contributed by atoms with Crippen molar-refractivity contribution in [3.63, 3.8) is 0 Å². The highest BCUT2D eigenvalue weighted by atomic mass is 19.4. The molecule has 1 aliphatic carbocycles. The van der Waals surface area contributed by atoms with Crippen LogP contribution in [-0.2, 0) is 19.2 Å². The van der Waals surface area contributed by atoms with Crippen molar-refractivity contribution < 1.29 is 41.1 Å². The van der Waals surface area contributed by atoms with Gasteiger partial charge >= 0.3 is 12.1 Å². The van der Waals surface area contributed by atoms with Gasteiger partial charge in [-0.1, -0.05) is 20.8 Å². The van der Waals surface area contributed by atoms with Crippen LogP contribution >= 0.6 is 0 Å². The Morgan fingerprint density at radius 2 is 1.67 bits per heavy atom. The Kier molecular flexibility index (Phi) is 9.76. The fraction of sp³-hybridized carbons (Fsp3) is 0.800. The van der Waals surface area contributed by atoms with Crippen molar-refractivity contribution in [1.82, 2.24) is 21.3 Å². The normalized spacial score (nSPS) is 24.4. The van der Waals surface area contributed by atoms with Gasteiger partial charge < -0.3 is 21.3 Å². The van der Waals surface area contributed by atoms with Crippen LogP contribution in [0.15, 0.2) is 4.99 Å². The topological polar surface area (TPSA) is 129 Å². The van der Waals surface area contributed by atoms with Crippen molar-refractivity contribution in [3.05, 3.63) is 0 Å². The van der Waals surface area contributed by atoms with E-state index in [1.807, 2.05) is 13.8 Å². The highest BCUT2D eigenvalue weighted by Crippen LogP contribution is 2.51. The van der Waals surface area contributed by atoms with Crippen LogP contribution in [-0.4, -0.2) is 72.7 Å². The standard InChI is InChI=1S/C25H38F5N5O4/c1-22(2,3)17(34-21(39)25(28,29)30)20(38)33-16(10-14-11-24(14,26)27)19(37)32-15(12-31-6)9-13-7-8-23(4,5)35-18(13)36/h13-17H,6-12H2,1-5H3,(H,32,37)(H,33,38)(H,34,39)(H,35,36). The van der Waals surface area contributed by atoms with Gasteiger partial charge in [-0.05, 0) is 51.7 Å². The average Bonchev–Trinajstić information content (AvgIpc) is 3.36. The van der Waals surface area contributed by atoms with Gasteiger partial charge in [0.05, 0.1) is 6.54 Å². The average molecular weight is 568 g/mol. The molecular formula is C25H38F5N5O4. The van der Waals surface area contributed by atoms with Gasteiger partial charge in [0, 0.05) is 29.8 Å². The third-order valence-electron chi connectivity index (χ3n) is 6.99. The SMILES string of the molecule is C=NCC(CC1CCC(C)(C)NC1=O)NC(=O)C(CC1CC1(F)F)NC(=O)C(NC(=O)C(F)(F)F)C(C)(C)C. The second-order valence-electron chi connectivity index (χ2n) is 12.2. The van der Waals surface area contributed by atoms with E-state index in [9.17, 15) is 41.1 Å². The summed E-state index contributed by atoms with van der Waals surface area (Å²) in [4.78, 5) is 54.1. The first-order chi connectivity index (χ1) is 17.7. The summed E-state index contributed by atoms with van der Waals surface area (Å²) in [5, 5.41) is 9.43. The number of hydrogen-bond donors (Lipinski definition) is 4.